The van der Waals surface area contributed by atoms with Crippen LogP contribution in [0.2, 0.25) is 0 Å². The number of carbonyl (C=O) groups is 1. The number of phenols is 2. The summed E-state index contributed by atoms with van der Waals surface area (Å²) in [5, 5.41) is 18.4. The van der Waals surface area contributed by atoms with Crippen molar-refractivity contribution in [3.05, 3.63) is 23.8 Å². The van der Waals surface area contributed by atoms with E-state index in [1.54, 1.807) is 14.1 Å². The molecule has 1 aromatic carbocycles. The lowest BCUT2D eigenvalue weighted by atomic mass is 10.1. The lowest BCUT2D eigenvalue weighted by molar-refractivity contribution is 0.0824. The van der Waals surface area contributed by atoms with Crippen molar-refractivity contribution in [1.29, 1.82) is 0 Å². The van der Waals surface area contributed by atoms with E-state index in [9.17, 15) is 9.90 Å². The first-order valence-electron chi connectivity index (χ1n) is 3.76. The molecule has 4 heteroatoms. The SMILES string of the molecule is CN(C)C(=O)c1cccc(O)c1O. The summed E-state index contributed by atoms with van der Waals surface area (Å²) in [5.74, 6) is -0.998. The molecule has 0 radical (unpaired) electrons. The highest BCUT2D eigenvalue weighted by atomic mass is 16.3. The van der Waals surface area contributed by atoms with E-state index in [2.05, 4.69) is 0 Å². The third kappa shape index (κ3) is 1.72. The van der Waals surface area contributed by atoms with Gasteiger partial charge in [0.2, 0.25) is 0 Å². The van der Waals surface area contributed by atoms with Crippen molar-refractivity contribution in [2.24, 2.45) is 0 Å². The van der Waals surface area contributed by atoms with Crippen LogP contribution >= 0.6 is 0 Å². The summed E-state index contributed by atoms with van der Waals surface area (Å²) in [4.78, 5) is 12.7. The number of phenolic OH excluding ortho intramolecular Hbond substituents is 2. The van der Waals surface area contributed by atoms with Crippen LogP contribution in [0.1, 0.15) is 10.4 Å². The van der Waals surface area contributed by atoms with E-state index in [1.807, 2.05) is 0 Å². The highest BCUT2D eigenvalue weighted by Crippen LogP contribution is 2.28. The van der Waals surface area contributed by atoms with Gasteiger partial charge in [0.15, 0.2) is 11.5 Å². The average Bonchev–Trinajstić information content (AvgIpc) is 2.08. The number of amides is 1. The van der Waals surface area contributed by atoms with E-state index in [4.69, 9.17) is 5.11 Å². The predicted molar refractivity (Wildman–Crippen MR) is 47.8 cm³/mol. The van der Waals surface area contributed by atoms with Gasteiger partial charge in [-0.15, -0.1) is 0 Å². The summed E-state index contributed by atoms with van der Waals surface area (Å²) in [6.45, 7) is 0. The molecule has 1 aromatic rings. The minimum absolute atomic E-state index is 0.102. The van der Waals surface area contributed by atoms with E-state index in [0.29, 0.717) is 0 Å². The standard InChI is InChI=1S/C9H11NO3/c1-10(2)9(13)6-4-3-5-7(11)8(6)12/h3-5,11-12H,1-2H3. The Bertz CT molecular complexity index is 334. The second-order valence-corrected chi connectivity index (χ2v) is 2.87. The minimum Gasteiger partial charge on any atom is -0.504 e. The van der Waals surface area contributed by atoms with Gasteiger partial charge in [0.25, 0.3) is 5.91 Å². The third-order valence-corrected chi connectivity index (χ3v) is 1.65. The van der Waals surface area contributed by atoms with Crippen LogP contribution in [-0.2, 0) is 0 Å². The van der Waals surface area contributed by atoms with Crippen molar-refractivity contribution >= 4 is 5.91 Å². The normalized spacial score (nSPS) is 9.69. The number of carbonyl (C=O) groups excluding carboxylic acids is 1. The largest absolute Gasteiger partial charge is 0.504 e. The first-order valence-corrected chi connectivity index (χ1v) is 3.76. The van der Waals surface area contributed by atoms with Gasteiger partial charge in [-0.3, -0.25) is 4.79 Å². The second-order valence-electron chi connectivity index (χ2n) is 2.87. The summed E-state index contributed by atoms with van der Waals surface area (Å²) < 4.78 is 0. The average molecular weight is 181 g/mol. The number of nitrogens with zero attached hydrogens (tertiary/aromatic N) is 1. The van der Waals surface area contributed by atoms with Crippen molar-refractivity contribution in [1.82, 2.24) is 4.90 Å². The fourth-order valence-corrected chi connectivity index (χ4v) is 0.945. The highest BCUT2D eigenvalue weighted by Gasteiger charge is 2.14. The van der Waals surface area contributed by atoms with Gasteiger partial charge in [-0.1, -0.05) is 6.07 Å². The molecule has 0 aliphatic heterocycles. The molecule has 0 saturated heterocycles. The predicted octanol–water partition coefficient (Wildman–Crippen LogP) is 0.800. The van der Waals surface area contributed by atoms with Crippen LogP contribution in [-0.4, -0.2) is 35.1 Å². The van der Waals surface area contributed by atoms with Crippen LogP contribution in [0.4, 0.5) is 0 Å². The molecular formula is C9H11NO3. The monoisotopic (exact) mass is 181 g/mol. The molecular weight excluding hydrogens is 170 g/mol. The number of benzene rings is 1. The van der Waals surface area contributed by atoms with Crippen molar-refractivity contribution in [3.63, 3.8) is 0 Å². The van der Waals surface area contributed by atoms with Gasteiger partial charge in [-0.2, -0.15) is 0 Å². The molecule has 0 saturated carbocycles. The van der Waals surface area contributed by atoms with E-state index < -0.39 is 0 Å². The number of aromatic hydroxyl groups is 2. The zero-order valence-electron chi connectivity index (χ0n) is 7.48. The molecule has 70 valence electrons. The molecule has 2 N–H and O–H groups in total. The molecule has 0 spiro atoms. The van der Waals surface area contributed by atoms with E-state index in [-0.39, 0.29) is 23.0 Å². The summed E-state index contributed by atoms with van der Waals surface area (Å²) in [6, 6.07) is 4.28. The smallest absolute Gasteiger partial charge is 0.257 e. The molecule has 0 fully saturated rings. The second kappa shape index (κ2) is 3.35. The third-order valence-electron chi connectivity index (χ3n) is 1.65. The van der Waals surface area contributed by atoms with Gasteiger partial charge in [0, 0.05) is 14.1 Å². The Morgan fingerprint density at radius 2 is 1.92 bits per heavy atom. The van der Waals surface area contributed by atoms with Crippen molar-refractivity contribution < 1.29 is 15.0 Å². The van der Waals surface area contributed by atoms with Crippen LogP contribution in [0, 0.1) is 0 Å². The van der Waals surface area contributed by atoms with Crippen molar-refractivity contribution in [2.75, 3.05) is 14.1 Å². The van der Waals surface area contributed by atoms with Gasteiger partial charge in [-0.05, 0) is 12.1 Å². The van der Waals surface area contributed by atoms with E-state index in [0.717, 1.165) is 0 Å². The molecule has 0 heterocycles. The van der Waals surface area contributed by atoms with Gasteiger partial charge in [0.05, 0.1) is 5.56 Å². The van der Waals surface area contributed by atoms with E-state index >= 15 is 0 Å². The van der Waals surface area contributed by atoms with Gasteiger partial charge in [-0.25, -0.2) is 0 Å². The molecule has 0 aliphatic carbocycles. The number of para-hydroxylation sites is 1. The molecule has 1 amide bonds. The molecule has 4 nitrogen and oxygen atoms in total. The summed E-state index contributed by atoms with van der Waals surface area (Å²) in [7, 11) is 3.15. The zero-order chi connectivity index (χ0) is 10.0. The summed E-state index contributed by atoms with van der Waals surface area (Å²) in [6.07, 6.45) is 0. The maximum absolute atomic E-state index is 11.4. The zero-order valence-corrected chi connectivity index (χ0v) is 7.48. The van der Waals surface area contributed by atoms with Gasteiger partial charge < -0.3 is 15.1 Å². The fourth-order valence-electron chi connectivity index (χ4n) is 0.945. The van der Waals surface area contributed by atoms with Gasteiger partial charge >= 0.3 is 0 Å². The molecule has 0 bridgehead atoms. The van der Waals surface area contributed by atoms with E-state index in [1.165, 1.54) is 23.1 Å². The Labute approximate surface area is 76.0 Å². The van der Waals surface area contributed by atoms with Crippen LogP contribution in [0.3, 0.4) is 0 Å². The topological polar surface area (TPSA) is 60.8 Å². The Morgan fingerprint density at radius 3 is 2.46 bits per heavy atom. The van der Waals surface area contributed by atoms with Crippen LogP contribution in [0.5, 0.6) is 11.5 Å². The molecule has 0 atom stereocenters. The number of hydrogen-bond donors (Lipinski definition) is 2. The fraction of sp³-hybridized carbons (Fsp3) is 0.222. The molecule has 13 heavy (non-hydrogen) atoms. The maximum atomic E-state index is 11.4. The molecule has 1 rings (SSSR count). The number of rotatable bonds is 1. The maximum Gasteiger partial charge on any atom is 0.257 e. The molecule has 0 aliphatic rings. The highest BCUT2D eigenvalue weighted by molar-refractivity contribution is 5.97. The Morgan fingerprint density at radius 1 is 1.31 bits per heavy atom. The Kier molecular flexibility index (Phi) is 2.41. The van der Waals surface area contributed by atoms with Gasteiger partial charge in [0.1, 0.15) is 0 Å². The molecule has 0 unspecified atom stereocenters. The Balaban J connectivity index is 3.15. The summed E-state index contributed by atoms with van der Waals surface area (Å²) in [5.41, 5.74) is 0.102. The van der Waals surface area contributed by atoms with Crippen LogP contribution in [0.25, 0.3) is 0 Å². The first-order chi connectivity index (χ1) is 6.04. The van der Waals surface area contributed by atoms with Crippen molar-refractivity contribution in [2.45, 2.75) is 0 Å². The molecule has 0 aromatic heterocycles. The van der Waals surface area contributed by atoms with Crippen molar-refractivity contribution in [3.8, 4) is 11.5 Å². The quantitative estimate of drug-likeness (QED) is 0.630. The Hall–Kier alpha value is -1.71. The lowest BCUT2D eigenvalue weighted by Gasteiger charge is -2.11. The van der Waals surface area contributed by atoms with Crippen LogP contribution in [0.15, 0.2) is 18.2 Å². The number of hydrogen-bond acceptors (Lipinski definition) is 3. The minimum atomic E-state index is -0.374. The lowest BCUT2D eigenvalue weighted by Crippen LogP contribution is -2.21. The van der Waals surface area contributed by atoms with Crippen LogP contribution < -0.4 is 0 Å². The first kappa shape index (κ1) is 9.38. The summed E-state index contributed by atoms with van der Waals surface area (Å²) >= 11 is 0.